The van der Waals surface area contributed by atoms with Gasteiger partial charge in [0.1, 0.15) is 0 Å². The van der Waals surface area contributed by atoms with Crippen LogP contribution in [0.15, 0.2) is 48.5 Å². The molecule has 5 nitrogen and oxygen atoms in total. The molecule has 0 saturated carbocycles. The van der Waals surface area contributed by atoms with Crippen molar-refractivity contribution >= 4 is 17.5 Å². The van der Waals surface area contributed by atoms with Crippen LogP contribution in [-0.2, 0) is 22.6 Å². The first-order valence-corrected chi connectivity index (χ1v) is 8.07. The molecular formula is C20H21N3O2. The summed E-state index contributed by atoms with van der Waals surface area (Å²) < 4.78 is 0. The Morgan fingerprint density at radius 2 is 1.84 bits per heavy atom. The Hall–Kier alpha value is -3.13. The van der Waals surface area contributed by atoms with Gasteiger partial charge in [0, 0.05) is 32.6 Å². The molecule has 0 bridgehead atoms. The van der Waals surface area contributed by atoms with E-state index in [1.807, 2.05) is 36.4 Å². The molecule has 0 atom stereocenters. The Labute approximate surface area is 147 Å². The van der Waals surface area contributed by atoms with Crippen molar-refractivity contribution in [1.29, 1.82) is 5.26 Å². The molecule has 25 heavy (non-hydrogen) atoms. The average Bonchev–Trinajstić information content (AvgIpc) is 2.60. The van der Waals surface area contributed by atoms with Crippen LogP contribution in [-0.4, -0.2) is 23.8 Å². The molecule has 0 spiro atoms. The number of anilines is 1. The van der Waals surface area contributed by atoms with Gasteiger partial charge in [-0.2, -0.15) is 5.26 Å². The van der Waals surface area contributed by atoms with E-state index >= 15 is 0 Å². The summed E-state index contributed by atoms with van der Waals surface area (Å²) >= 11 is 0. The number of carbonyl (C=O) groups excluding carboxylic acids is 2. The number of hydrogen-bond acceptors (Lipinski definition) is 3. The molecule has 0 radical (unpaired) electrons. The first-order chi connectivity index (χ1) is 12.0. The zero-order chi connectivity index (χ0) is 18.2. The molecule has 2 rings (SSSR count). The normalized spacial score (nSPS) is 9.96. The minimum Gasteiger partial charge on any atom is -0.342 e. The van der Waals surface area contributed by atoms with Crippen LogP contribution in [0.3, 0.4) is 0 Å². The van der Waals surface area contributed by atoms with Crippen molar-refractivity contribution in [2.75, 3.05) is 12.4 Å². The van der Waals surface area contributed by atoms with Crippen LogP contribution in [0.2, 0.25) is 0 Å². The van der Waals surface area contributed by atoms with Crippen LogP contribution >= 0.6 is 0 Å². The molecule has 0 fully saturated rings. The summed E-state index contributed by atoms with van der Waals surface area (Å²) in [6.45, 7) is 2.03. The van der Waals surface area contributed by atoms with Crippen molar-refractivity contribution in [2.45, 2.75) is 26.3 Å². The molecule has 1 N–H and O–H groups in total. The van der Waals surface area contributed by atoms with E-state index in [9.17, 15) is 9.59 Å². The van der Waals surface area contributed by atoms with E-state index in [0.29, 0.717) is 24.9 Å². The fourth-order valence-corrected chi connectivity index (χ4v) is 2.36. The van der Waals surface area contributed by atoms with Crippen LogP contribution in [0.5, 0.6) is 0 Å². The van der Waals surface area contributed by atoms with Gasteiger partial charge in [0.25, 0.3) is 0 Å². The molecule has 0 aliphatic carbocycles. The molecule has 2 aromatic carbocycles. The maximum Gasteiger partial charge on any atom is 0.224 e. The van der Waals surface area contributed by atoms with Gasteiger partial charge in [-0.05, 0) is 41.8 Å². The van der Waals surface area contributed by atoms with Gasteiger partial charge in [0.2, 0.25) is 11.8 Å². The smallest absolute Gasteiger partial charge is 0.224 e. The van der Waals surface area contributed by atoms with Crippen LogP contribution < -0.4 is 5.32 Å². The molecule has 0 heterocycles. The number of hydrogen-bond donors (Lipinski definition) is 1. The number of rotatable bonds is 6. The lowest BCUT2D eigenvalue weighted by atomic mass is 10.1. The lowest BCUT2D eigenvalue weighted by molar-refractivity contribution is -0.128. The van der Waals surface area contributed by atoms with E-state index in [1.165, 1.54) is 6.92 Å². The van der Waals surface area contributed by atoms with Gasteiger partial charge in [-0.1, -0.05) is 24.3 Å². The summed E-state index contributed by atoms with van der Waals surface area (Å²) in [4.78, 5) is 25.0. The van der Waals surface area contributed by atoms with Gasteiger partial charge in [0.05, 0.1) is 11.6 Å². The van der Waals surface area contributed by atoms with Gasteiger partial charge in [-0.25, -0.2) is 0 Å². The lowest BCUT2D eigenvalue weighted by Crippen LogP contribution is -2.23. The molecule has 2 aromatic rings. The van der Waals surface area contributed by atoms with Gasteiger partial charge in [0.15, 0.2) is 0 Å². The van der Waals surface area contributed by atoms with Gasteiger partial charge < -0.3 is 10.2 Å². The highest BCUT2D eigenvalue weighted by Gasteiger charge is 2.06. The van der Waals surface area contributed by atoms with E-state index in [4.69, 9.17) is 5.26 Å². The van der Waals surface area contributed by atoms with Crippen LogP contribution in [0, 0.1) is 11.3 Å². The summed E-state index contributed by atoms with van der Waals surface area (Å²) in [6.07, 6.45) is 0.980. The fourth-order valence-electron chi connectivity index (χ4n) is 2.36. The molecule has 0 unspecified atom stereocenters. The fraction of sp³-hybridized carbons (Fsp3) is 0.250. The highest BCUT2D eigenvalue weighted by Crippen LogP contribution is 2.13. The Kier molecular flexibility index (Phi) is 6.30. The maximum absolute atomic E-state index is 12.1. The first-order valence-electron chi connectivity index (χ1n) is 8.07. The zero-order valence-corrected chi connectivity index (χ0v) is 14.5. The quantitative estimate of drug-likeness (QED) is 0.881. The van der Waals surface area contributed by atoms with E-state index in [2.05, 4.69) is 11.4 Å². The minimum absolute atomic E-state index is 0.00291. The number of nitrogens with one attached hydrogen (secondary N) is 1. The van der Waals surface area contributed by atoms with E-state index in [0.717, 1.165) is 16.8 Å². The first kappa shape index (κ1) is 18.2. The SMILES string of the molecule is CC(=O)N(C)Cc1cccc(NC(=O)CCc2ccc(C#N)cc2)c1. The second-order valence-electron chi connectivity index (χ2n) is 5.93. The zero-order valence-electron chi connectivity index (χ0n) is 14.5. The minimum atomic E-state index is -0.0681. The highest BCUT2D eigenvalue weighted by molar-refractivity contribution is 5.90. The van der Waals surface area contributed by atoms with E-state index < -0.39 is 0 Å². The van der Waals surface area contributed by atoms with Crippen molar-refractivity contribution in [3.63, 3.8) is 0 Å². The standard InChI is InChI=1S/C20H21N3O2/c1-15(24)23(2)14-18-4-3-5-19(12-18)22-20(25)11-10-16-6-8-17(13-21)9-7-16/h3-9,12H,10-11,14H2,1-2H3,(H,22,25). The van der Waals surface area contributed by atoms with E-state index in [-0.39, 0.29) is 11.8 Å². The third kappa shape index (κ3) is 5.78. The third-order valence-corrected chi connectivity index (χ3v) is 3.89. The second kappa shape index (κ2) is 8.65. The van der Waals surface area contributed by atoms with Crippen molar-refractivity contribution in [3.05, 3.63) is 65.2 Å². The molecule has 0 aliphatic heterocycles. The van der Waals surface area contributed by atoms with Crippen molar-refractivity contribution in [3.8, 4) is 6.07 Å². The number of amides is 2. The number of benzene rings is 2. The predicted molar refractivity (Wildman–Crippen MR) is 96.7 cm³/mol. The molecule has 2 amide bonds. The maximum atomic E-state index is 12.1. The Morgan fingerprint density at radius 3 is 2.48 bits per heavy atom. The Morgan fingerprint density at radius 1 is 1.12 bits per heavy atom. The molecule has 128 valence electrons. The lowest BCUT2D eigenvalue weighted by Gasteiger charge is -2.15. The van der Waals surface area contributed by atoms with Gasteiger partial charge >= 0.3 is 0 Å². The number of nitriles is 1. The number of nitrogens with zero attached hydrogens (tertiary/aromatic N) is 2. The second-order valence-corrected chi connectivity index (χ2v) is 5.93. The molecule has 0 aliphatic rings. The molecule has 0 aromatic heterocycles. The number of aryl methyl sites for hydroxylation is 1. The largest absolute Gasteiger partial charge is 0.342 e. The summed E-state index contributed by atoms with van der Waals surface area (Å²) in [5, 5.41) is 11.7. The highest BCUT2D eigenvalue weighted by atomic mass is 16.2. The van der Waals surface area contributed by atoms with Gasteiger partial charge in [-0.3, -0.25) is 9.59 Å². The topological polar surface area (TPSA) is 73.2 Å². The Balaban J connectivity index is 1.89. The Bertz CT molecular complexity index is 791. The number of carbonyl (C=O) groups is 2. The summed E-state index contributed by atoms with van der Waals surface area (Å²) in [7, 11) is 1.74. The predicted octanol–water partition coefficient (Wildman–Crippen LogP) is 3.11. The van der Waals surface area contributed by atoms with Crippen molar-refractivity contribution in [1.82, 2.24) is 4.90 Å². The van der Waals surface area contributed by atoms with Crippen molar-refractivity contribution in [2.24, 2.45) is 0 Å². The molecule has 5 heteroatoms. The van der Waals surface area contributed by atoms with Crippen molar-refractivity contribution < 1.29 is 9.59 Å². The summed E-state index contributed by atoms with van der Waals surface area (Å²) in [6, 6.07) is 16.8. The van der Waals surface area contributed by atoms with Crippen LogP contribution in [0.1, 0.15) is 30.0 Å². The third-order valence-electron chi connectivity index (χ3n) is 3.89. The average molecular weight is 335 g/mol. The monoisotopic (exact) mass is 335 g/mol. The summed E-state index contributed by atoms with van der Waals surface area (Å²) in [5.41, 5.74) is 3.31. The van der Waals surface area contributed by atoms with Gasteiger partial charge in [-0.15, -0.1) is 0 Å². The van der Waals surface area contributed by atoms with Crippen LogP contribution in [0.4, 0.5) is 5.69 Å². The molecular weight excluding hydrogens is 314 g/mol. The van der Waals surface area contributed by atoms with E-state index in [1.54, 1.807) is 24.1 Å². The summed E-state index contributed by atoms with van der Waals surface area (Å²) in [5.74, 6) is -0.0710. The van der Waals surface area contributed by atoms with Crippen LogP contribution in [0.25, 0.3) is 0 Å². The molecule has 0 saturated heterocycles.